The van der Waals surface area contributed by atoms with Crippen LogP contribution in [0.4, 0.5) is 21.9 Å². The minimum atomic E-state index is -2.27. The molecule has 0 bridgehead atoms. The smallest absolute Gasteiger partial charge is 0.408 e. The molecule has 0 saturated heterocycles. The average Bonchev–Trinajstić information content (AvgIpc) is 3.36. The van der Waals surface area contributed by atoms with E-state index in [1.807, 2.05) is 30.3 Å². The third-order valence-electron chi connectivity index (χ3n) is 7.76. The van der Waals surface area contributed by atoms with Gasteiger partial charge in [-0.05, 0) is 51.5 Å². The van der Waals surface area contributed by atoms with E-state index in [0.29, 0.717) is 5.69 Å². The molecule has 0 spiro atoms. The van der Waals surface area contributed by atoms with Crippen LogP contribution < -0.4 is 15.2 Å². The summed E-state index contributed by atoms with van der Waals surface area (Å²) in [4.78, 5) is 56.3. The third kappa shape index (κ3) is 4.74. The van der Waals surface area contributed by atoms with Crippen molar-refractivity contribution in [1.29, 1.82) is 0 Å². The van der Waals surface area contributed by atoms with Crippen molar-refractivity contribution in [2.45, 2.75) is 51.8 Å². The Morgan fingerprint density at radius 1 is 1.05 bits per heavy atom. The molecule has 0 aromatic heterocycles. The first-order chi connectivity index (χ1) is 20.9. The summed E-state index contributed by atoms with van der Waals surface area (Å²) in [6.07, 6.45) is 4.53. The Kier molecular flexibility index (Phi) is 7.47. The second kappa shape index (κ2) is 11.0. The van der Waals surface area contributed by atoms with Crippen LogP contribution in [0.15, 0.2) is 84.0 Å². The monoisotopic (exact) mass is 593 g/mol. The molecule has 2 atom stereocenters. The molecule has 0 aliphatic carbocycles. The minimum absolute atomic E-state index is 0.0338. The molecule has 3 amide bonds. The van der Waals surface area contributed by atoms with Crippen molar-refractivity contribution in [3.05, 3.63) is 100 Å². The third-order valence-corrected chi connectivity index (χ3v) is 7.76. The highest BCUT2D eigenvalue weighted by Gasteiger charge is 2.72. The second-order valence-electron chi connectivity index (χ2n) is 11.6. The number of nitrogens with zero attached hydrogens (tertiary/aromatic N) is 4. The van der Waals surface area contributed by atoms with Crippen molar-refractivity contribution in [3.63, 3.8) is 0 Å². The largest absolute Gasteiger partial charge is 0.444 e. The molecule has 0 unspecified atom stereocenters. The van der Waals surface area contributed by atoms with Gasteiger partial charge in [-0.2, -0.15) is 10.1 Å². The molecule has 2 heterocycles. The summed E-state index contributed by atoms with van der Waals surface area (Å²) in [6, 6.07) is 21.6. The number of carbonyl (C=O) groups excluding carboxylic acids is 3. The van der Waals surface area contributed by atoms with E-state index in [9.17, 15) is 19.7 Å². The molecule has 0 fully saturated rings. The zero-order valence-corrected chi connectivity index (χ0v) is 24.7. The molecule has 2 aliphatic rings. The highest BCUT2D eigenvalue weighted by molar-refractivity contribution is 6.26. The van der Waals surface area contributed by atoms with E-state index in [-0.39, 0.29) is 35.6 Å². The summed E-state index contributed by atoms with van der Waals surface area (Å²) in [5.41, 5.74) is -3.97. The molecule has 0 radical (unpaired) electrons. The number of hydrazone groups is 1. The molecule has 1 N–H and O–H groups in total. The van der Waals surface area contributed by atoms with Crippen molar-refractivity contribution >= 4 is 40.7 Å². The number of nitro benzene ring substituents is 1. The molecule has 224 valence electrons. The van der Waals surface area contributed by atoms with Gasteiger partial charge in [0.05, 0.1) is 28.6 Å². The number of nitro groups is 1. The molecular weight excluding hydrogens is 562 g/mol. The van der Waals surface area contributed by atoms with E-state index in [2.05, 4.69) is 16.3 Å². The van der Waals surface area contributed by atoms with Gasteiger partial charge >= 0.3 is 6.09 Å². The predicted octanol–water partition coefficient (Wildman–Crippen LogP) is 5.29. The lowest BCUT2D eigenvalue weighted by molar-refractivity contribution is -0.384. The lowest BCUT2D eigenvalue weighted by atomic mass is 9.61. The highest BCUT2D eigenvalue weighted by Crippen LogP contribution is 2.56. The number of hydrogen-bond acceptors (Lipinski definition) is 7. The van der Waals surface area contributed by atoms with Gasteiger partial charge in [-0.25, -0.2) is 4.79 Å². The van der Waals surface area contributed by atoms with E-state index in [1.165, 1.54) is 23.1 Å². The number of non-ortho nitro benzene ring substituents is 1. The molecule has 0 saturated carbocycles. The Morgan fingerprint density at radius 2 is 1.68 bits per heavy atom. The van der Waals surface area contributed by atoms with E-state index >= 15 is 4.79 Å². The summed E-state index contributed by atoms with van der Waals surface area (Å²) >= 11 is 0. The number of carbonyl (C=O) groups is 3. The number of ether oxygens (including phenoxy) is 1. The van der Waals surface area contributed by atoms with Crippen molar-refractivity contribution in [2.75, 3.05) is 9.91 Å². The first-order valence-corrected chi connectivity index (χ1v) is 13.9. The van der Waals surface area contributed by atoms with Gasteiger partial charge in [-0.15, -0.1) is 12.3 Å². The molecule has 2 aliphatic heterocycles. The predicted molar refractivity (Wildman–Crippen MR) is 165 cm³/mol. The Morgan fingerprint density at radius 3 is 2.27 bits per heavy atom. The first-order valence-electron chi connectivity index (χ1n) is 13.9. The number of alkyl carbamates (subject to hydrolysis) is 1. The number of terminal acetylenes is 1. The lowest BCUT2D eigenvalue weighted by Crippen LogP contribution is -2.67. The molecular formula is C33H31N5O6. The van der Waals surface area contributed by atoms with Crippen LogP contribution in [0.2, 0.25) is 0 Å². The normalized spacial score (nSPS) is 21.0. The zero-order valence-electron chi connectivity index (χ0n) is 24.7. The maximum atomic E-state index is 15.1. The summed E-state index contributed by atoms with van der Waals surface area (Å²) in [5.74, 6) is 1.14. The Bertz CT molecular complexity index is 1730. The SMILES string of the molecule is C#CC[C@@]1([C@@]2(NC(=O)OC(C)(C)C)C(=O)N(Cc3ccccc3)c3ccc([N+](=O)[O-])cc32)C(=O)N(c2ccccc2)N=C1C. The number of para-hydroxylation sites is 1. The Labute approximate surface area is 254 Å². The quantitative estimate of drug-likeness (QED) is 0.225. The van der Waals surface area contributed by atoms with E-state index in [4.69, 9.17) is 11.2 Å². The lowest BCUT2D eigenvalue weighted by Gasteiger charge is -2.43. The van der Waals surface area contributed by atoms with Crippen LogP contribution in [-0.4, -0.2) is 34.1 Å². The highest BCUT2D eigenvalue weighted by atomic mass is 16.6. The Hall–Kier alpha value is -5.50. The van der Waals surface area contributed by atoms with E-state index < -0.39 is 39.4 Å². The minimum Gasteiger partial charge on any atom is -0.444 e. The van der Waals surface area contributed by atoms with Gasteiger partial charge in [-0.3, -0.25) is 19.7 Å². The first kappa shape index (κ1) is 30.0. The van der Waals surface area contributed by atoms with Gasteiger partial charge in [0.1, 0.15) is 11.0 Å². The van der Waals surface area contributed by atoms with Crippen molar-refractivity contribution in [1.82, 2.24) is 5.32 Å². The second-order valence-corrected chi connectivity index (χ2v) is 11.6. The summed E-state index contributed by atoms with van der Waals surface area (Å²) in [5, 5.41) is 20.5. The van der Waals surface area contributed by atoms with Gasteiger partial charge in [0.2, 0.25) is 0 Å². The number of rotatable bonds is 7. The Balaban J connectivity index is 1.82. The molecule has 5 rings (SSSR count). The van der Waals surface area contributed by atoms with Gasteiger partial charge in [0.15, 0.2) is 5.54 Å². The van der Waals surface area contributed by atoms with Crippen LogP contribution in [0.1, 0.15) is 45.2 Å². The molecule has 44 heavy (non-hydrogen) atoms. The van der Waals surface area contributed by atoms with Crippen LogP contribution in [0, 0.1) is 27.9 Å². The molecule has 3 aromatic carbocycles. The molecule has 11 nitrogen and oxygen atoms in total. The number of anilines is 2. The number of hydrogen-bond donors (Lipinski definition) is 1. The summed E-state index contributed by atoms with van der Waals surface area (Å²) in [6.45, 7) is 6.55. The van der Waals surface area contributed by atoms with Crippen molar-refractivity contribution in [3.8, 4) is 12.3 Å². The summed E-state index contributed by atoms with van der Waals surface area (Å²) in [7, 11) is 0. The van der Waals surface area contributed by atoms with Crippen LogP contribution in [-0.2, 0) is 26.4 Å². The van der Waals surface area contributed by atoms with Crippen LogP contribution in [0.25, 0.3) is 0 Å². The number of benzene rings is 3. The summed E-state index contributed by atoms with van der Waals surface area (Å²) < 4.78 is 5.61. The van der Waals surface area contributed by atoms with Crippen molar-refractivity contribution in [2.24, 2.45) is 10.5 Å². The van der Waals surface area contributed by atoms with Gasteiger partial charge in [0, 0.05) is 24.1 Å². The van der Waals surface area contributed by atoms with E-state index in [1.54, 1.807) is 58.0 Å². The molecule has 3 aromatic rings. The molecule has 11 heteroatoms. The number of nitrogens with one attached hydrogen (secondary N) is 1. The zero-order chi connectivity index (χ0) is 31.9. The fraction of sp³-hybridized carbons (Fsp3) is 0.273. The fourth-order valence-corrected chi connectivity index (χ4v) is 5.90. The maximum Gasteiger partial charge on any atom is 0.408 e. The van der Waals surface area contributed by atoms with Crippen LogP contribution >= 0.6 is 0 Å². The fourth-order valence-electron chi connectivity index (χ4n) is 5.90. The number of fused-ring (bicyclic) bond motifs is 1. The average molecular weight is 594 g/mol. The van der Waals surface area contributed by atoms with Crippen LogP contribution in [0.3, 0.4) is 0 Å². The van der Waals surface area contributed by atoms with Gasteiger partial charge < -0.3 is 15.0 Å². The number of amides is 3. The van der Waals surface area contributed by atoms with E-state index in [0.717, 1.165) is 10.6 Å². The maximum absolute atomic E-state index is 15.1. The van der Waals surface area contributed by atoms with Gasteiger partial charge in [-0.1, -0.05) is 48.5 Å². The van der Waals surface area contributed by atoms with Gasteiger partial charge in [0.25, 0.3) is 17.5 Å². The van der Waals surface area contributed by atoms with Crippen LogP contribution in [0.5, 0.6) is 0 Å². The topological polar surface area (TPSA) is 134 Å². The standard InChI is InChI=1S/C33H31N5O6/c1-6-19-32(22(2)35-37(28(32)39)24-15-11-8-12-16-24)33(34-30(41)44-31(3,4)5)26-20-25(38(42)43)17-18-27(26)36(29(33)40)21-23-13-9-7-10-14-23/h1,7-18,20H,19,21H2,2-5H3,(H,34,41)/t32-,33-/m0/s1. The van der Waals surface area contributed by atoms with Crippen molar-refractivity contribution < 1.29 is 24.0 Å².